The molecule has 0 fully saturated rings. The Morgan fingerprint density at radius 2 is 2.06 bits per heavy atom. The SMILES string of the molecule is CCC(C)(CCO)NS(=O)(=O)c1cccc(C)c1. The number of hydrogen-bond donors (Lipinski definition) is 2. The second-order valence-corrected chi connectivity index (χ2v) is 6.49. The van der Waals surface area contributed by atoms with Crippen LogP contribution in [0.1, 0.15) is 32.3 Å². The predicted molar refractivity (Wildman–Crippen MR) is 71.9 cm³/mol. The Hall–Kier alpha value is -0.910. The zero-order valence-electron chi connectivity index (χ0n) is 11.1. The van der Waals surface area contributed by atoms with E-state index in [0.29, 0.717) is 12.8 Å². The molecule has 1 unspecified atom stereocenters. The van der Waals surface area contributed by atoms with Crippen molar-refractivity contribution in [2.24, 2.45) is 0 Å². The summed E-state index contributed by atoms with van der Waals surface area (Å²) < 4.78 is 27.2. The van der Waals surface area contributed by atoms with E-state index in [9.17, 15) is 8.42 Å². The van der Waals surface area contributed by atoms with Crippen molar-refractivity contribution < 1.29 is 13.5 Å². The molecule has 0 bridgehead atoms. The van der Waals surface area contributed by atoms with Crippen LogP contribution in [0.15, 0.2) is 29.2 Å². The summed E-state index contributed by atoms with van der Waals surface area (Å²) in [5.74, 6) is 0. The number of aryl methyl sites for hydroxylation is 1. The predicted octanol–water partition coefficient (Wildman–Crippen LogP) is 1.82. The minimum atomic E-state index is -3.54. The van der Waals surface area contributed by atoms with Gasteiger partial charge in [-0.05, 0) is 44.4 Å². The summed E-state index contributed by atoms with van der Waals surface area (Å²) >= 11 is 0. The number of nitrogens with one attached hydrogen (secondary N) is 1. The third-order valence-electron chi connectivity index (χ3n) is 3.12. The van der Waals surface area contributed by atoms with Crippen molar-refractivity contribution >= 4 is 10.0 Å². The lowest BCUT2D eigenvalue weighted by Crippen LogP contribution is -2.46. The lowest BCUT2D eigenvalue weighted by atomic mass is 9.97. The first-order valence-electron chi connectivity index (χ1n) is 6.04. The number of aliphatic hydroxyl groups excluding tert-OH is 1. The van der Waals surface area contributed by atoms with E-state index >= 15 is 0 Å². The van der Waals surface area contributed by atoms with Crippen LogP contribution in [0.5, 0.6) is 0 Å². The number of rotatable bonds is 6. The molecule has 1 aromatic rings. The Balaban J connectivity index is 3.01. The molecule has 2 N–H and O–H groups in total. The van der Waals surface area contributed by atoms with Gasteiger partial charge in [0.1, 0.15) is 0 Å². The molecule has 0 saturated carbocycles. The average molecular weight is 271 g/mol. The van der Waals surface area contributed by atoms with Crippen molar-refractivity contribution in [3.8, 4) is 0 Å². The summed E-state index contributed by atoms with van der Waals surface area (Å²) in [5.41, 5.74) is 0.287. The van der Waals surface area contributed by atoms with Gasteiger partial charge in [-0.2, -0.15) is 0 Å². The van der Waals surface area contributed by atoms with Gasteiger partial charge in [0.2, 0.25) is 10.0 Å². The van der Waals surface area contributed by atoms with Gasteiger partial charge >= 0.3 is 0 Å². The van der Waals surface area contributed by atoms with Crippen molar-refractivity contribution in [2.45, 2.75) is 44.0 Å². The average Bonchev–Trinajstić information content (AvgIpc) is 2.28. The van der Waals surface area contributed by atoms with E-state index in [1.165, 1.54) is 0 Å². The molecule has 1 rings (SSSR count). The minimum absolute atomic E-state index is 0.0410. The lowest BCUT2D eigenvalue weighted by molar-refractivity contribution is 0.233. The molecule has 0 aromatic heterocycles. The third kappa shape index (κ3) is 3.80. The van der Waals surface area contributed by atoms with Crippen LogP contribution in [0.2, 0.25) is 0 Å². The van der Waals surface area contributed by atoms with Crippen molar-refractivity contribution in [1.82, 2.24) is 4.72 Å². The standard InChI is InChI=1S/C13H21NO3S/c1-4-13(3,8-9-15)14-18(16,17)12-7-5-6-11(2)10-12/h5-7,10,14-15H,4,8-9H2,1-3H3. The van der Waals surface area contributed by atoms with Crippen LogP contribution in [0.3, 0.4) is 0 Å². The van der Waals surface area contributed by atoms with Gasteiger partial charge < -0.3 is 5.11 Å². The number of benzene rings is 1. The van der Waals surface area contributed by atoms with E-state index in [1.807, 2.05) is 19.9 Å². The van der Waals surface area contributed by atoms with Gasteiger partial charge in [-0.15, -0.1) is 0 Å². The second kappa shape index (κ2) is 5.82. The van der Waals surface area contributed by atoms with Crippen molar-refractivity contribution in [3.05, 3.63) is 29.8 Å². The summed E-state index contributed by atoms with van der Waals surface area (Å²) in [5, 5.41) is 9.01. The van der Waals surface area contributed by atoms with Gasteiger partial charge in [0, 0.05) is 12.1 Å². The van der Waals surface area contributed by atoms with Gasteiger partial charge in [0.25, 0.3) is 0 Å². The summed E-state index contributed by atoms with van der Waals surface area (Å²) in [7, 11) is -3.54. The molecule has 0 amide bonds. The molecule has 0 aliphatic heterocycles. The quantitative estimate of drug-likeness (QED) is 0.829. The topological polar surface area (TPSA) is 66.4 Å². The molecule has 0 radical (unpaired) electrons. The van der Waals surface area contributed by atoms with Crippen molar-refractivity contribution in [1.29, 1.82) is 0 Å². The molecular weight excluding hydrogens is 250 g/mol. The van der Waals surface area contributed by atoms with Crippen LogP contribution in [0, 0.1) is 6.92 Å². The van der Waals surface area contributed by atoms with Crippen LogP contribution in [0.25, 0.3) is 0 Å². The largest absolute Gasteiger partial charge is 0.396 e. The lowest BCUT2D eigenvalue weighted by Gasteiger charge is -2.28. The fraction of sp³-hybridized carbons (Fsp3) is 0.538. The highest BCUT2D eigenvalue weighted by atomic mass is 32.2. The Morgan fingerprint density at radius 1 is 1.39 bits per heavy atom. The van der Waals surface area contributed by atoms with Crippen molar-refractivity contribution in [3.63, 3.8) is 0 Å². The van der Waals surface area contributed by atoms with Crippen LogP contribution >= 0.6 is 0 Å². The maximum Gasteiger partial charge on any atom is 0.241 e. The van der Waals surface area contributed by atoms with Crippen LogP contribution in [0.4, 0.5) is 0 Å². The molecule has 0 saturated heterocycles. The van der Waals surface area contributed by atoms with Gasteiger partial charge in [-0.25, -0.2) is 13.1 Å². The molecule has 18 heavy (non-hydrogen) atoms. The first-order valence-corrected chi connectivity index (χ1v) is 7.53. The van der Waals surface area contributed by atoms with E-state index < -0.39 is 15.6 Å². The summed E-state index contributed by atoms with van der Waals surface area (Å²) in [6, 6.07) is 6.78. The first-order chi connectivity index (χ1) is 8.33. The highest BCUT2D eigenvalue weighted by Crippen LogP contribution is 2.19. The van der Waals surface area contributed by atoms with Gasteiger partial charge in [0.05, 0.1) is 4.90 Å². The molecule has 102 valence electrons. The smallest absolute Gasteiger partial charge is 0.241 e. The highest BCUT2D eigenvalue weighted by Gasteiger charge is 2.28. The van der Waals surface area contributed by atoms with E-state index in [0.717, 1.165) is 5.56 Å². The van der Waals surface area contributed by atoms with E-state index in [2.05, 4.69) is 4.72 Å². The summed E-state index contributed by atoms with van der Waals surface area (Å²) in [4.78, 5) is 0.264. The van der Waals surface area contributed by atoms with E-state index in [1.54, 1.807) is 25.1 Å². The van der Waals surface area contributed by atoms with Gasteiger partial charge in [-0.1, -0.05) is 19.1 Å². The maximum absolute atomic E-state index is 12.2. The number of hydrogen-bond acceptors (Lipinski definition) is 3. The van der Waals surface area contributed by atoms with Gasteiger partial charge in [0.15, 0.2) is 0 Å². The summed E-state index contributed by atoms with van der Waals surface area (Å²) in [6.45, 7) is 5.51. The molecule has 0 aliphatic rings. The van der Waals surface area contributed by atoms with E-state index in [4.69, 9.17) is 5.11 Å². The Labute approximate surface area is 109 Å². The van der Waals surface area contributed by atoms with E-state index in [-0.39, 0.29) is 11.5 Å². The Morgan fingerprint density at radius 3 is 2.56 bits per heavy atom. The molecule has 4 nitrogen and oxygen atoms in total. The van der Waals surface area contributed by atoms with Gasteiger partial charge in [-0.3, -0.25) is 0 Å². The third-order valence-corrected chi connectivity index (χ3v) is 4.76. The maximum atomic E-state index is 12.2. The first kappa shape index (κ1) is 15.1. The Kier molecular flexibility index (Phi) is 4.90. The fourth-order valence-corrected chi connectivity index (χ4v) is 3.32. The zero-order valence-corrected chi connectivity index (χ0v) is 11.9. The summed E-state index contributed by atoms with van der Waals surface area (Å²) in [6.07, 6.45) is 1.02. The molecule has 1 atom stereocenters. The minimum Gasteiger partial charge on any atom is -0.396 e. The van der Waals surface area contributed by atoms with Crippen molar-refractivity contribution in [2.75, 3.05) is 6.61 Å². The molecule has 0 aliphatic carbocycles. The molecule has 5 heteroatoms. The Bertz CT molecular complexity index is 499. The van der Waals surface area contributed by atoms with Crippen LogP contribution < -0.4 is 4.72 Å². The van der Waals surface area contributed by atoms with Crippen LogP contribution in [-0.4, -0.2) is 25.7 Å². The normalized spacial score (nSPS) is 15.3. The second-order valence-electron chi connectivity index (χ2n) is 4.81. The molecule has 1 aromatic carbocycles. The fourth-order valence-electron chi connectivity index (χ4n) is 1.71. The molecule has 0 spiro atoms. The zero-order chi connectivity index (χ0) is 13.8. The molecular formula is C13H21NO3S. The number of aliphatic hydroxyl groups is 1. The highest BCUT2D eigenvalue weighted by molar-refractivity contribution is 7.89. The monoisotopic (exact) mass is 271 g/mol. The van der Waals surface area contributed by atoms with Crippen LogP contribution in [-0.2, 0) is 10.0 Å². The number of sulfonamides is 1. The molecule has 0 heterocycles.